The molecule has 0 unspecified atom stereocenters. The second-order valence-corrected chi connectivity index (χ2v) is 5.04. The third kappa shape index (κ3) is 3.82. The SMILES string of the molecule is Cc1cc(NC(=O)CNc2ccc(C)c(Br)c2)no1. The van der Waals surface area contributed by atoms with Gasteiger partial charge in [-0.2, -0.15) is 0 Å². The lowest BCUT2D eigenvalue weighted by molar-refractivity contribution is -0.114. The van der Waals surface area contributed by atoms with Crippen LogP contribution in [0.25, 0.3) is 0 Å². The van der Waals surface area contributed by atoms with Gasteiger partial charge in [-0.25, -0.2) is 0 Å². The van der Waals surface area contributed by atoms with Crippen molar-refractivity contribution in [3.63, 3.8) is 0 Å². The van der Waals surface area contributed by atoms with E-state index in [1.165, 1.54) is 0 Å². The minimum absolute atomic E-state index is 0.168. The summed E-state index contributed by atoms with van der Waals surface area (Å²) in [5.74, 6) is 0.908. The van der Waals surface area contributed by atoms with Crippen molar-refractivity contribution in [3.05, 3.63) is 40.1 Å². The van der Waals surface area contributed by atoms with Gasteiger partial charge in [-0.1, -0.05) is 27.2 Å². The smallest absolute Gasteiger partial charge is 0.244 e. The summed E-state index contributed by atoms with van der Waals surface area (Å²) in [6.07, 6.45) is 0. The molecule has 1 heterocycles. The monoisotopic (exact) mass is 323 g/mol. The molecule has 0 atom stereocenters. The molecule has 2 N–H and O–H groups in total. The Labute approximate surface area is 119 Å². The van der Waals surface area contributed by atoms with Crippen molar-refractivity contribution in [1.29, 1.82) is 0 Å². The van der Waals surface area contributed by atoms with Crippen LogP contribution in [-0.2, 0) is 4.79 Å². The number of rotatable bonds is 4. The van der Waals surface area contributed by atoms with Crippen LogP contribution in [-0.4, -0.2) is 17.6 Å². The summed E-state index contributed by atoms with van der Waals surface area (Å²) in [4.78, 5) is 11.7. The lowest BCUT2D eigenvalue weighted by atomic mass is 10.2. The number of aromatic nitrogens is 1. The zero-order chi connectivity index (χ0) is 13.8. The van der Waals surface area contributed by atoms with Gasteiger partial charge < -0.3 is 15.2 Å². The van der Waals surface area contributed by atoms with Crippen molar-refractivity contribution in [2.45, 2.75) is 13.8 Å². The normalized spacial score (nSPS) is 10.3. The van der Waals surface area contributed by atoms with Gasteiger partial charge in [-0.15, -0.1) is 0 Å². The minimum Gasteiger partial charge on any atom is -0.376 e. The highest BCUT2D eigenvalue weighted by atomic mass is 79.9. The Kier molecular flexibility index (Phi) is 4.21. The van der Waals surface area contributed by atoms with Gasteiger partial charge >= 0.3 is 0 Å². The van der Waals surface area contributed by atoms with Crippen molar-refractivity contribution in [1.82, 2.24) is 5.16 Å². The number of amides is 1. The van der Waals surface area contributed by atoms with Crippen molar-refractivity contribution < 1.29 is 9.32 Å². The molecule has 0 bridgehead atoms. The number of carbonyl (C=O) groups is 1. The van der Waals surface area contributed by atoms with E-state index in [0.717, 1.165) is 15.7 Å². The van der Waals surface area contributed by atoms with Crippen LogP contribution in [0.5, 0.6) is 0 Å². The number of hydrogen-bond acceptors (Lipinski definition) is 4. The van der Waals surface area contributed by atoms with Gasteiger partial charge in [0, 0.05) is 16.2 Å². The van der Waals surface area contributed by atoms with Crippen LogP contribution in [0.1, 0.15) is 11.3 Å². The molecule has 5 nitrogen and oxygen atoms in total. The Morgan fingerprint density at radius 2 is 2.16 bits per heavy atom. The summed E-state index contributed by atoms with van der Waals surface area (Å²) >= 11 is 3.45. The first kappa shape index (κ1) is 13.6. The number of aryl methyl sites for hydroxylation is 2. The summed E-state index contributed by atoms with van der Waals surface area (Å²) in [5, 5.41) is 9.37. The maximum Gasteiger partial charge on any atom is 0.244 e. The number of nitrogens with zero attached hydrogens (tertiary/aromatic N) is 1. The highest BCUT2D eigenvalue weighted by Gasteiger charge is 2.06. The van der Waals surface area contributed by atoms with Gasteiger partial charge in [0.25, 0.3) is 0 Å². The number of nitrogens with one attached hydrogen (secondary N) is 2. The van der Waals surface area contributed by atoms with Gasteiger partial charge in [0.05, 0.1) is 6.54 Å². The lowest BCUT2D eigenvalue weighted by Crippen LogP contribution is -2.21. The van der Waals surface area contributed by atoms with E-state index < -0.39 is 0 Å². The zero-order valence-corrected chi connectivity index (χ0v) is 12.2. The topological polar surface area (TPSA) is 67.2 Å². The molecule has 0 aliphatic rings. The van der Waals surface area contributed by atoms with Gasteiger partial charge in [-0.05, 0) is 31.5 Å². The van der Waals surface area contributed by atoms with Gasteiger partial charge in [0.2, 0.25) is 5.91 Å². The molecule has 1 aromatic carbocycles. The summed E-state index contributed by atoms with van der Waals surface area (Å²) in [6.45, 7) is 3.94. The molecule has 19 heavy (non-hydrogen) atoms. The third-order valence-electron chi connectivity index (χ3n) is 2.52. The number of benzene rings is 1. The first-order valence-corrected chi connectivity index (χ1v) is 6.57. The molecular formula is C13H14BrN3O2. The molecule has 0 fully saturated rings. The Morgan fingerprint density at radius 3 is 2.79 bits per heavy atom. The van der Waals surface area contributed by atoms with Crippen molar-refractivity contribution in [2.24, 2.45) is 0 Å². The maximum absolute atomic E-state index is 11.7. The van der Waals surface area contributed by atoms with E-state index in [4.69, 9.17) is 4.52 Å². The van der Waals surface area contributed by atoms with Crippen LogP contribution in [0, 0.1) is 13.8 Å². The molecule has 0 saturated heterocycles. The quantitative estimate of drug-likeness (QED) is 0.907. The highest BCUT2D eigenvalue weighted by Crippen LogP contribution is 2.20. The van der Waals surface area contributed by atoms with E-state index in [9.17, 15) is 4.79 Å². The van der Waals surface area contributed by atoms with Crippen molar-refractivity contribution in [2.75, 3.05) is 17.2 Å². The van der Waals surface area contributed by atoms with Crippen molar-refractivity contribution >= 4 is 33.3 Å². The predicted octanol–water partition coefficient (Wildman–Crippen LogP) is 3.10. The average Bonchev–Trinajstić information content (AvgIpc) is 2.76. The van der Waals surface area contributed by atoms with E-state index in [1.54, 1.807) is 13.0 Å². The third-order valence-corrected chi connectivity index (χ3v) is 3.37. The molecule has 0 saturated carbocycles. The van der Waals surface area contributed by atoms with Gasteiger partial charge in [0.15, 0.2) is 5.82 Å². The molecule has 6 heteroatoms. The molecule has 0 aliphatic heterocycles. The standard InChI is InChI=1S/C13H14BrN3O2/c1-8-3-4-10(6-11(8)14)15-7-13(18)16-12-5-9(2)19-17-12/h3-6,15H,7H2,1-2H3,(H,16,17,18). The fourth-order valence-corrected chi connectivity index (χ4v) is 1.88. The first-order chi connectivity index (χ1) is 9.04. The maximum atomic E-state index is 11.7. The largest absolute Gasteiger partial charge is 0.376 e. The Balaban J connectivity index is 1.88. The zero-order valence-electron chi connectivity index (χ0n) is 10.7. The number of anilines is 2. The molecule has 0 radical (unpaired) electrons. The fraction of sp³-hybridized carbons (Fsp3) is 0.231. The molecule has 0 aliphatic carbocycles. The van der Waals surface area contributed by atoms with Crippen LogP contribution in [0.4, 0.5) is 11.5 Å². The number of halogens is 1. The van der Waals surface area contributed by atoms with E-state index in [0.29, 0.717) is 11.6 Å². The second-order valence-electron chi connectivity index (χ2n) is 4.19. The summed E-state index contributed by atoms with van der Waals surface area (Å²) < 4.78 is 5.87. The molecule has 1 amide bonds. The summed E-state index contributed by atoms with van der Waals surface area (Å²) in [5.41, 5.74) is 2.03. The Morgan fingerprint density at radius 1 is 1.37 bits per heavy atom. The second kappa shape index (κ2) is 5.88. The van der Waals surface area contributed by atoms with Gasteiger partial charge in [0.1, 0.15) is 5.76 Å². The fourth-order valence-electron chi connectivity index (χ4n) is 1.50. The molecule has 0 spiro atoms. The van der Waals surface area contributed by atoms with Crippen LogP contribution in [0.2, 0.25) is 0 Å². The minimum atomic E-state index is -0.176. The first-order valence-electron chi connectivity index (χ1n) is 5.78. The van der Waals surface area contributed by atoms with E-state index in [2.05, 4.69) is 31.7 Å². The molecule has 100 valence electrons. The molecule has 2 rings (SSSR count). The van der Waals surface area contributed by atoms with Crippen LogP contribution >= 0.6 is 15.9 Å². The van der Waals surface area contributed by atoms with Crippen LogP contribution < -0.4 is 10.6 Å². The summed E-state index contributed by atoms with van der Waals surface area (Å²) in [7, 11) is 0. The van der Waals surface area contributed by atoms with E-state index in [1.807, 2.05) is 25.1 Å². The predicted molar refractivity (Wildman–Crippen MR) is 77.2 cm³/mol. The van der Waals surface area contributed by atoms with Crippen LogP contribution in [0.3, 0.4) is 0 Å². The molecule has 1 aromatic heterocycles. The Hall–Kier alpha value is -1.82. The van der Waals surface area contributed by atoms with Crippen molar-refractivity contribution in [3.8, 4) is 0 Å². The van der Waals surface area contributed by atoms with Gasteiger partial charge in [-0.3, -0.25) is 4.79 Å². The Bertz CT molecular complexity index is 595. The lowest BCUT2D eigenvalue weighted by Gasteiger charge is -2.07. The van der Waals surface area contributed by atoms with Crippen LogP contribution in [0.15, 0.2) is 33.3 Å². The van der Waals surface area contributed by atoms with E-state index >= 15 is 0 Å². The number of carbonyl (C=O) groups excluding carboxylic acids is 1. The van der Waals surface area contributed by atoms with E-state index in [-0.39, 0.29) is 12.5 Å². The molecule has 2 aromatic rings. The summed E-state index contributed by atoms with van der Waals surface area (Å²) in [6, 6.07) is 7.50. The number of hydrogen-bond donors (Lipinski definition) is 2. The molecular weight excluding hydrogens is 310 g/mol. The average molecular weight is 324 g/mol. The highest BCUT2D eigenvalue weighted by molar-refractivity contribution is 9.10.